The number of rotatable bonds is 7. The fraction of sp³-hybridized carbons (Fsp3) is 0.846. The maximum atomic E-state index is 12.2. The Hall–Kier alpha value is -1.14. The van der Waals surface area contributed by atoms with Crippen LogP contribution in [-0.4, -0.2) is 57.1 Å². The molecule has 0 aromatic heterocycles. The summed E-state index contributed by atoms with van der Waals surface area (Å²) in [5.74, 6) is 0.137. The Kier molecular flexibility index (Phi) is 6.80. The monoisotopic (exact) mass is 271 g/mol. The smallest absolute Gasteiger partial charge is 0.239 e. The van der Waals surface area contributed by atoms with Gasteiger partial charge in [0, 0.05) is 26.6 Å². The van der Waals surface area contributed by atoms with E-state index in [1.807, 2.05) is 0 Å². The van der Waals surface area contributed by atoms with Crippen molar-refractivity contribution in [3.8, 4) is 0 Å². The Morgan fingerprint density at radius 2 is 2.16 bits per heavy atom. The van der Waals surface area contributed by atoms with Gasteiger partial charge in [-0.1, -0.05) is 6.42 Å². The number of hydrogen-bond donors (Lipinski definition) is 2. The molecular weight excluding hydrogens is 246 g/mol. The van der Waals surface area contributed by atoms with E-state index >= 15 is 0 Å². The number of carbonyl (C=O) groups is 2. The molecule has 110 valence electrons. The predicted molar refractivity (Wildman–Crippen MR) is 72.4 cm³/mol. The summed E-state index contributed by atoms with van der Waals surface area (Å²) in [6.45, 7) is 1.58. The lowest BCUT2D eigenvalue weighted by Gasteiger charge is -2.24. The van der Waals surface area contributed by atoms with Gasteiger partial charge in [0.25, 0.3) is 0 Å². The molecule has 0 radical (unpaired) electrons. The van der Waals surface area contributed by atoms with Crippen LogP contribution in [0.2, 0.25) is 0 Å². The van der Waals surface area contributed by atoms with Gasteiger partial charge in [0.05, 0.1) is 13.2 Å². The van der Waals surface area contributed by atoms with E-state index in [2.05, 4.69) is 5.32 Å². The van der Waals surface area contributed by atoms with E-state index in [-0.39, 0.29) is 30.2 Å². The molecule has 19 heavy (non-hydrogen) atoms. The van der Waals surface area contributed by atoms with E-state index in [1.165, 1.54) is 4.90 Å². The van der Waals surface area contributed by atoms with E-state index < -0.39 is 0 Å². The lowest BCUT2D eigenvalue weighted by Crippen LogP contribution is -2.43. The molecule has 3 N–H and O–H groups in total. The number of likely N-dealkylation sites (N-methyl/N-ethyl adjacent to an activating group) is 1. The molecule has 2 atom stereocenters. The van der Waals surface area contributed by atoms with E-state index in [1.54, 1.807) is 14.2 Å². The van der Waals surface area contributed by atoms with Gasteiger partial charge in [0.2, 0.25) is 11.8 Å². The molecule has 0 bridgehead atoms. The fourth-order valence-corrected chi connectivity index (χ4v) is 2.57. The predicted octanol–water partition coefficient (Wildman–Crippen LogP) is -0.418. The number of nitrogens with one attached hydrogen (secondary N) is 1. The van der Waals surface area contributed by atoms with Crippen LogP contribution in [0.25, 0.3) is 0 Å². The Bertz CT molecular complexity index is 310. The van der Waals surface area contributed by atoms with Crippen molar-refractivity contribution in [1.29, 1.82) is 0 Å². The van der Waals surface area contributed by atoms with E-state index in [0.29, 0.717) is 19.7 Å². The van der Waals surface area contributed by atoms with Crippen LogP contribution in [0.1, 0.15) is 19.3 Å². The molecule has 0 aromatic carbocycles. The molecule has 0 heterocycles. The van der Waals surface area contributed by atoms with Crippen molar-refractivity contribution < 1.29 is 14.3 Å². The van der Waals surface area contributed by atoms with Gasteiger partial charge in [-0.05, 0) is 25.3 Å². The number of hydrogen-bond acceptors (Lipinski definition) is 4. The van der Waals surface area contributed by atoms with Gasteiger partial charge in [-0.15, -0.1) is 0 Å². The van der Waals surface area contributed by atoms with Gasteiger partial charge < -0.3 is 20.7 Å². The molecule has 2 amide bonds. The molecule has 0 aliphatic heterocycles. The van der Waals surface area contributed by atoms with E-state index in [0.717, 1.165) is 19.3 Å². The highest BCUT2D eigenvalue weighted by atomic mass is 16.5. The number of nitrogens with zero attached hydrogens (tertiary/aromatic N) is 1. The first-order chi connectivity index (χ1) is 9.10. The van der Waals surface area contributed by atoms with Crippen LogP contribution in [0.15, 0.2) is 0 Å². The summed E-state index contributed by atoms with van der Waals surface area (Å²) in [5.41, 5.74) is 5.68. The van der Waals surface area contributed by atoms with Crippen LogP contribution >= 0.6 is 0 Å². The molecule has 6 heteroatoms. The molecule has 0 spiro atoms. The van der Waals surface area contributed by atoms with Crippen LogP contribution in [0.3, 0.4) is 0 Å². The average Bonchev–Trinajstić information content (AvgIpc) is 2.86. The average molecular weight is 271 g/mol. The quantitative estimate of drug-likeness (QED) is 0.616. The first-order valence-corrected chi connectivity index (χ1v) is 6.80. The summed E-state index contributed by atoms with van der Waals surface area (Å²) < 4.78 is 4.85. The number of carbonyl (C=O) groups excluding carboxylic acids is 2. The maximum absolute atomic E-state index is 12.2. The van der Waals surface area contributed by atoms with Crippen molar-refractivity contribution in [1.82, 2.24) is 10.2 Å². The number of nitrogens with two attached hydrogens (primary N) is 1. The van der Waals surface area contributed by atoms with Crippen molar-refractivity contribution in [2.75, 3.05) is 40.4 Å². The van der Waals surface area contributed by atoms with Crippen LogP contribution in [-0.2, 0) is 14.3 Å². The summed E-state index contributed by atoms with van der Waals surface area (Å²) in [4.78, 5) is 25.4. The van der Waals surface area contributed by atoms with Crippen LogP contribution in [0.5, 0.6) is 0 Å². The SMILES string of the molecule is COCCNC(=O)CN(C)C(=O)C1CCCC1CN. The third kappa shape index (κ3) is 4.80. The Morgan fingerprint density at radius 1 is 1.42 bits per heavy atom. The second-order valence-electron chi connectivity index (χ2n) is 5.07. The summed E-state index contributed by atoms with van der Waals surface area (Å²) in [6.07, 6.45) is 2.95. The topological polar surface area (TPSA) is 84.7 Å². The van der Waals surface area contributed by atoms with Gasteiger partial charge in [-0.2, -0.15) is 0 Å². The highest BCUT2D eigenvalue weighted by Gasteiger charge is 2.33. The minimum atomic E-state index is -0.157. The molecule has 1 rings (SSSR count). The van der Waals surface area contributed by atoms with Gasteiger partial charge in [0.1, 0.15) is 0 Å². The summed E-state index contributed by atoms with van der Waals surface area (Å²) in [7, 11) is 3.25. The van der Waals surface area contributed by atoms with Gasteiger partial charge in [-0.25, -0.2) is 0 Å². The standard InChI is InChI=1S/C13H25N3O3/c1-16(9-12(17)15-6-7-19-2)13(18)11-5-3-4-10(11)8-14/h10-11H,3-9,14H2,1-2H3,(H,15,17). The second kappa shape index (κ2) is 8.12. The molecule has 1 aliphatic carbocycles. The minimum Gasteiger partial charge on any atom is -0.383 e. The first-order valence-electron chi connectivity index (χ1n) is 6.80. The Labute approximate surface area is 114 Å². The summed E-state index contributed by atoms with van der Waals surface area (Å²) in [5, 5.41) is 2.70. The summed E-state index contributed by atoms with van der Waals surface area (Å²) in [6, 6.07) is 0. The first kappa shape index (κ1) is 15.9. The van der Waals surface area contributed by atoms with Crippen molar-refractivity contribution in [3.63, 3.8) is 0 Å². The zero-order valence-corrected chi connectivity index (χ0v) is 11.9. The zero-order chi connectivity index (χ0) is 14.3. The van der Waals surface area contributed by atoms with Crippen LogP contribution in [0.4, 0.5) is 0 Å². The normalized spacial score (nSPS) is 22.3. The van der Waals surface area contributed by atoms with Crippen LogP contribution < -0.4 is 11.1 Å². The van der Waals surface area contributed by atoms with Crippen LogP contribution in [0, 0.1) is 11.8 Å². The third-order valence-electron chi connectivity index (χ3n) is 3.66. The third-order valence-corrected chi connectivity index (χ3v) is 3.66. The van der Waals surface area contributed by atoms with E-state index in [4.69, 9.17) is 10.5 Å². The Balaban J connectivity index is 2.37. The minimum absolute atomic E-state index is 0.0122. The second-order valence-corrected chi connectivity index (χ2v) is 5.07. The van der Waals surface area contributed by atoms with Crippen molar-refractivity contribution in [2.45, 2.75) is 19.3 Å². The molecular formula is C13H25N3O3. The highest BCUT2D eigenvalue weighted by Crippen LogP contribution is 2.32. The maximum Gasteiger partial charge on any atom is 0.239 e. The summed E-state index contributed by atoms with van der Waals surface area (Å²) >= 11 is 0. The van der Waals surface area contributed by atoms with Gasteiger partial charge in [-0.3, -0.25) is 9.59 Å². The molecule has 6 nitrogen and oxygen atoms in total. The molecule has 1 saturated carbocycles. The lowest BCUT2D eigenvalue weighted by atomic mass is 9.95. The number of amides is 2. The molecule has 0 aromatic rings. The van der Waals surface area contributed by atoms with Crippen molar-refractivity contribution in [2.24, 2.45) is 17.6 Å². The fourth-order valence-electron chi connectivity index (χ4n) is 2.57. The lowest BCUT2D eigenvalue weighted by molar-refractivity contribution is -0.138. The molecule has 2 unspecified atom stereocenters. The van der Waals surface area contributed by atoms with Gasteiger partial charge >= 0.3 is 0 Å². The highest BCUT2D eigenvalue weighted by molar-refractivity contribution is 5.86. The Morgan fingerprint density at radius 3 is 2.79 bits per heavy atom. The number of methoxy groups -OCH3 is 1. The molecule has 1 aliphatic rings. The van der Waals surface area contributed by atoms with E-state index in [9.17, 15) is 9.59 Å². The zero-order valence-electron chi connectivity index (χ0n) is 11.9. The van der Waals surface area contributed by atoms with Crippen molar-refractivity contribution in [3.05, 3.63) is 0 Å². The molecule has 1 fully saturated rings. The van der Waals surface area contributed by atoms with Crippen molar-refractivity contribution >= 4 is 11.8 Å². The largest absolute Gasteiger partial charge is 0.383 e. The molecule has 0 saturated heterocycles. The van der Waals surface area contributed by atoms with Gasteiger partial charge in [0.15, 0.2) is 0 Å². The number of ether oxygens (including phenoxy) is 1.